The average molecular weight is 307 g/mol. The van der Waals surface area contributed by atoms with Gasteiger partial charge in [0, 0.05) is 22.6 Å². The second kappa shape index (κ2) is 7.28. The molecule has 0 aliphatic rings. The third kappa shape index (κ3) is 5.30. The lowest BCUT2D eigenvalue weighted by Crippen LogP contribution is -2.21. The van der Waals surface area contributed by atoms with Crippen LogP contribution in [0.5, 0.6) is 0 Å². The number of benzene rings is 1. The molecule has 0 aromatic heterocycles. The standard InChI is InChI=1S/C12H17BrClNO/c1-9(2)16-6-5-15-8-10-7-11(14)3-4-12(10)13/h3-4,7,9,15H,5-6,8H2,1-2H3. The Hall–Kier alpha value is -0.0900. The minimum atomic E-state index is 0.291. The van der Waals surface area contributed by atoms with Crippen LogP contribution in [0.25, 0.3) is 0 Å². The van der Waals surface area contributed by atoms with E-state index in [4.69, 9.17) is 16.3 Å². The Kier molecular flexibility index (Phi) is 6.36. The molecule has 0 radical (unpaired) electrons. The first-order chi connectivity index (χ1) is 7.59. The highest BCUT2D eigenvalue weighted by molar-refractivity contribution is 9.10. The average Bonchev–Trinajstić information content (AvgIpc) is 2.22. The van der Waals surface area contributed by atoms with Gasteiger partial charge in [-0.25, -0.2) is 0 Å². The lowest BCUT2D eigenvalue weighted by molar-refractivity contribution is 0.0807. The highest BCUT2D eigenvalue weighted by Gasteiger charge is 2.00. The molecule has 4 heteroatoms. The number of ether oxygens (including phenoxy) is 1. The molecule has 2 nitrogen and oxygen atoms in total. The highest BCUT2D eigenvalue weighted by Crippen LogP contribution is 2.20. The van der Waals surface area contributed by atoms with Gasteiger partial charge in [-0.2, -0.15) is 0 Å². The first kappa shape index (κ1) is 14.0. The van der Waals surface area contributed by atoms with Crippen LogP contribution in [0.3, 0.4) is 0 Å². The predicted octanol–water partition coefficient (Wildman–Crippen LogP) is 3.62. The van der Waals surface area contributed by atoms with Crippen molar-refractivity contribution >= 4 is 27.5 Å². The van der Waals surface area contributed by atoms with E-state index in [1.54, 1.807) is 0 Å². The molecular formula is C12H17BrClNO. The number of rotatable bonds is 6. The summed E-state index contributed by atoms with van der Waals surface area (Å²) in [6.07, 6.45) is 0.291. The molecule has 0 atom stereocenters. The molecule has 0 aliphatic heterocycles. The maximum Gasteiger partial charge on any atom is 0.0594 e. The van der Waals surface area contributed by atoms with Crippen molar-refractivity contribution in [2.24, 2.45) is 0 Å². The van der Waals surface area contributed by atoms with E-state index in [-0.39, 0.29) is 0 Å². The summed E-state index contributed by atoms with van der Waals surface area (Å²) in [4.78, 5) is 0. The third-order valence-electron chi connectivity index (χ3n) is 2.05. The van der Waals surface area contributed by atoms with E-state index in [9.17, 15) is 0 Å². The van der Waals surface area contributed by atoms with E-state index in [1.807, 2.05) is 32.0 Å². The minimum absolute atomic E-state index is 0.291. The summed E-state index contributed by atoms with van der Waals surface area (Å²) in [5.41, 5.74) is 1.16. The van der Waals surface area contributed by atoms with Crippen molar-refractivity contribution in [1.82, 2.24) is 5.32 Å². The van der Waals surface area contributed by atoms with Crippen LogP contribution in [-0.4, -0.2) is 19.3 Å². The molecule has 0 saturated carbocycles. The van der Waals surface area contributed by atoms with Gasteiger partial charge in [-0.3, -0.25) is 0 Å². The molecule has 0 heterocycles. The molecular weight excluding hydrogens is 289 g/mol. The second-order valence-corrected chi connectivity index (χ2v) is 5.12. The highest BCUT2D eigenvalue weighted by atomic mass is 79.9. The van der Waals surface area contributed by atoms with E-state index in [0.29, 0.717) is 6.10 Å². The Labute approximate surface area is 110 Å². The van der Waals surface area contributed by atoms with Crippen molar-refractivity contribution in [2.75, 3.05) is 13.2 Å². The van der Waals surface area contributed by atoms with Gasteiger partial charge in [-0.05, 0) is 37.6 Å². The lowest BCUT2D eigenvalue weighted by Gasteiger charge is -2.09. The molecule has 90 valence electrons. The van der Waals surface area contributed by atoms with Gasteiger partial charge in [0.2, 0.25) is 0 Å². The van der Waals surface area contributed by atoms with E-state index >= 15 is 0 Å². The van der Waals surface area contributed by atoms with Crippen LogP contribution in [-0.2, 0) is 11.3 Å². The number of nitrogens with one attached hydrogen (secondary N) is 1. The third-order valence-corrected chi connectivity index (χ3v) is 3.06. The first-order valence-electron chi connectivity index (χ1n) is 5.36. The fraction of sp³-hybridized carbons (Fsp3) is 0.500. The van der Waals surface area contributed by atoms with Gasteiger partial charge in [-0.15, -0.1) is 0 Å². The molecule has 0 fully saturated rings. The van der Waals surface area contributed by atoms with Gasteiger partial charge < -0.3 is 10.1 Å². The van der Waals surface area contributed by atoms with Crippen molar-refractivity contribution in [3.8, 4) is 0 Å². The molecule has 16 heavy (non-hydrogen) atoms. The van der Waals surface area contributed by atoms with Crippen LogP contribution in [0.15, 0.2) is 22.7 Å². The van der Waals surface area contributed by atoms with Crippen molar-refractivity contribution in [1.29, 1.82) is 0 Å². The van der Waals surface area contributed by atoms with E-state index in [2.05, 4.69) is 21.2 Å². The molecule has 0 bridgehead atoms. The molecule has 1 aromatic carbocycles. The zero-order valence-corrected chi connectivity index (χ0v) is 11.9. The van der Waals surface area contributed by atoms with Crippen molar-refractivity contribution < 1.29 is 4.74 Å². The maximum absolute atomic E-state index is 5.93. The van der Waals surface area contributed by atoms with E-state index in [1.165, 1.54) is 0 Å². The van der Waals surface area contributed by atoms with Crippen molar-refractivity contribution in [3.05, 3.63) is 33.3 Å². The summed E-state index contributed by atoms with van der Waals surface area (Å²) in [5, 5.41) is 4.07. The molecule has 0 unspecified atom stereocenters. The topological polar surface area (TPSA) is 21.3 Å². The van der Waals surface area contributed by atoms with Crippen LogP contribution < -0.4 is 5.32 Å². The quantitative estimate of drug-likeness (QED) is 0.811. The number of halogens is 2. The second-order valence-electron chi connectivity index (χ2n) is 3.83. The van der Waals surface area contributed by atoms with Gasteiger partial charge in [0.1, 0.15) is 0 Å². The molecule has 1 aromatic rings. The Morgan fingerprint density at radius 3 is 2.88 bits per heavy atom. The van der Waals surface area contributed by atoms with E-state index in [0.717, 1.165) is 34.8 Å². The largest absolute Gasteiger partial charge is 0.377 e. The molecule has 0 amide bonds. The van der Waals surface area contributed by atoms with Gasteiger partial charge in [0.25, 0.3) is 0 Å². The summed E-state index contributed by atoms with van der Waals surface area (Å²) >= 11 is 9.42. The molecule has 1 N–H and O–H groups in total. The normalized spacial score (nSPS) is 11.1. The van der Waals surface area contributed by atoms with Gasteiger partial charge >= 0.3 is 0 Å². The monoisotopic (exact) mass is 305 g/mol. The zero-order valence-electron chi connectivity index (χ0n) is 9.59. The van der Waals surface area contributed by atoms with E-state index < -0.39 is 0 Å². The summed E-state index contributed by atoms with van der Waals surface area (Å²) < 4.78 is 6.51. The fourth-order valence-electron chi connectivity index (χ4n) is 1.27. The summed E-state index contributed by atoms with van der Waals surface area (Å²) in [5.74, 6) is 0. The van der Waals surface area contributed by atoms with Crippen LogP contribution in [0, 0.1) is 0 Å². The van der Waals surface area contributed by atoms with Gasteiger partial charge in [-0.1, -0.05) is 27.5 Å². The van der Waals surface area contributed by atoms with Crippen molar-refractivity contribution in [3.63, 3.8) is 0 Å². The Bertz CT molecular complexity index is 331. The Balaban J connectivity index is 2.29. The number of hydrogen-bond donors (Lipinski definition) is 1. The van der Waals surface area contributed by atoms with Crippen LogP contribution >= 0.6 is 27.5 Å². The smallest absolute Gasteiger partial charge is 0.0594 e. The minimum Gasteiger partial charge on any atom is -0.377 e. The maximum atomic E-state index is 5.93. The number of hydrogen-bond acceptors (Lipinski definition) is 2. The zero-order chi connectivity index (χ0) is 12.0. The summed E-state index contributed by atoms with van der Waals surface area (Å²) in [6.45, 7) is 6.44. The van der Waals surface area contributed by atoms with Crippen molar-refractivity contribution in [2.45, 2.75) is 26.5 Å². The predicted molar refractivity (Wildman–Crippen MR) is 71.9 cm³/mol. The van der Waals surface area contributed by atoms with Crippen LogP contribution in [0.2, 0.25) is 5.02 Å². The lowest BCUT2D eigenvalue weighted by atomic mass is 10.2. The first-order valence-corrected chi connectivity index (χ1v) is 6.53. The van der Waals surface area contributed by atoms with Gasteiger partial charge in [0.05, 0.1) is 12.7 Å². The fourth-order valence-corrected chi connectivity index (χ4v) is 1.85. The Morgan fingerprint density at radius 2 is 2.19 bits per heavy atom. The Morgan fingerprint density at radius 1 is 1.44 bits per heavy atom. The molecule has 0 spiro atoms. The molecule has 0 aliphatic carbocycles. The van der Waals surface area contributed by atoms with Crippen LogP contribution in [0.1, 0.15) is 19.4 Å². The molecule has 0 saturated heterocycles. The SMILES string of the molecule is CC(C)OCCNCc1cc(Cl)ccc1Br. The molecule has 1 rings (SSSR count). The van der Waals surface area contributed by atoms with Gasteiger partial charge in [0.15, 0.2) is 0 Å². The summed E-state index contributed by atoms with van der Waals surface area (Å²) in [7, 11) is 0. The van der Waals surface area contributed by atoms with Crippen LogP contribution in [0.4, 0.5) is 0 Å². The summed E-state index contributed by atoms with van der Waals surface area (Å²) in [6, 6.07) is 5.79.